The van der Waals surface area contributed by atoms with Gasteiger partial charge in [0, 0.05) is 10.6 Å². The summed E-state index contributed by atoms with van der Waals surface area (Å²) in [5.41, 5.74) is 1.61. The molecule has 122 valence electrons. The largest absolute Gasteiger partial charge is 0.376 e. The van der Waals surface area contributed by atoms with Gasteiger partial charge in [0.25, 0.3) is 0 Å². The number of halogens is 1. The van der Waals surface area contributed by atoms with Crippen molar-refractivity contribution >= 4 is 22.9 Å². The maximum Gasteiger partial charge on any atom is 0.240 e. The molecule has 0 fully saturated rings. The number of hydrogen-bond donors (Lipinski definition) is 2. The van der Waals surface area contributed by atoms with Gasteiger partial charge in [-0.05, 0) is 35.2 Å². The van der Waals surface area contributed by atoms with Gasteiger partial charge in [0.1, 0.15) is 5.82 Å². The Balaban J connectivity index is 1.68. The van der Waals surface area contributed by atoms with E-state index in [1.165, 1.54) is 12.1 Å². The van der Waals surface area contributed by atoms with Crippen LogP contribution in [-0.2, 0) is 4.79 Å². The van der Waals surface area contributed by atoms with E-state index >= 15 is 0 Å². The lowest BCUT2D eigenvalue weighted by molar-refractivity contribution is -0.119. The third-order valence-corrected chi connectivity index (χ3v) is 4.48. The van der Waals surface area contributed by atoms with Gasteiger partial charge in [-0.15, -0.1) is 11.3 Å². The maximum absolute atomic E-state index is 13.2. The molecule has 0 saturated carbocycles. The SMILES string of the molecule is O=C(CNc1cccc(F)c1)N[C@@H](c1ccccc1)c1cccs1. The van der Waals surface area contributed by atoms with Gasteiger partial charge in [0.15, 0.2) is 0 Å². The van der Waals surface area contributed by atoms with Crippen molar-refractivity contribution in [1.82, 2.24) is 5.32 Å². The summed E-state index contributed by atoms with van der Waals surface area (Å²) in [5.74, 6) is -0.484. The molecule has 24 heavy (non-hydrogen) atoms. The van der Waals surface area contributed by atoms with Crippen LogP contribution in [-0.4, -0.2) is 12.5 Å². The smallest absolute Gasteiger partial charge is 0.240 e. The number of benzene rings is 2. The highest BCUT2D eigenvalue weighted by atomic mass is 32.1. The summed E-state index contributed by atoms with van der Waals surface area (Å²) in [7, 11) is 0. The molecule has 0 unspecified atom stereocenters. The Morgan fingerprint density at radius 2 is 1.88 bits per heavy atom. The molecule has 1 heterocycles. The fourth-order valence-corrected chi connectivity index (χ4v) is 3.22. The summed E-state index contributed by atoms with van der Waals surface area (Å²) in [4.78, 5) is 13.4. The number of nitrogens with one attached hydrogen (secondary N) is 2. The van der Waals surface area contributed by atoms with Crippen LogP contribution in [0, 0.1) is 5.82 Å². The van der Waals surface area contributed by atoms with Crippen molar-refractivity contribution in [2.45, 2.75) is 6.04 Å². The third kappa shape index (κ3) is 4.20. The lowest BCUT2D eigenvalue weighted by Gasteiger charge is -2.18. The van der Waals surface area contributed by atoms with Crippen LogP contribution >= 0.6 is 11.3 Å². The van der Waals surface area contributed by atoms with E-state index in [0.717, 1.165) is 10.4 Å². The molecule has 0 saturated heterocycles. The predicted molar refractivity (Wildman–Crippen MR) is 95.6 cm³/mol. The molecule has 1 atom stereocenters. The van der Waals surface area contributed by atoms with Crippen molar-refractivity contribution in [3.63, 3.8) is 0 Å². The van der Waals surface area contributed by atoms with Crippen LogP contribution in [0.2, 0.25) is 0 Å². The van der Waals surface area contributed by atoms with Gasteiger partial charge >= 0.3 is 0 Å². The molecule has 0 aliphatic carbocycles. The van der Waals surface area contributed by atoms with Gasteiger partial charge in [-0.25, -0.2) is 4.39 Å². The second kappa shape index (κ2) is 7.75. The number of carbonyl (C=O) groups is 1. The summed E-state index contributed by atoms with van der Waals surface area (Å²) in [5, 5.41) is 7.96. The number of carbonyl (C=O) groups excluding carboxylic acids is 1. The van der Waals surface area contributed by atoms with Crippen LogP contribution in [0.15, 0.2) is 72.1 Å². The first-order valence-electron chi connectivity index (χ1n) is 7.59. The standard InChI is InChI=1S/C19H17FN2OS/c20-15-8-4-9-16(12-15)21-13-18(23)22-19(17-10-5-11-24-17)14-6-2-1-3-7-14/h1-12,19,21H,13H2,(H,22,23)/t19-/m0/s1. The number of anilines is 1. The minimum absolute atomic E-state index is 0.0815. The van der Waals surface area contributed by atoms with E-state index in [0.29, 0.717) is 5.69 Å². The minimum atomic E-state index is -0.332. The number of thiophene rings is 1. The molecule has 3 rings (SSSR count). The average molecular weight is 340 g/mol. The van der Waals surface area contributed by atoms with Gasteiger partial charge in [-0.3, -0.25) is 4.79 Å². The molecule has 1 aromatic heterocycles. The Morgan fingerprint density at radius 3 is 2.58 bits per heavy atom. The molecule has 0 radical (unpaired) electrons. The van der Waals surface area contributed by atoms with Gasteiger partial charge in [0.2, 0.25) is 5.91 Å². The second-order valence-corrected chi connectivity index (χ2v) is 6.27. The lowest BCUT2D eigenvalue weighted by Crippen LogP contribution is -2.33. The number of rotatable bonds is 6. The molecule has 0 aliphatic rings. The van der Waals surface area contributed by atoms with Crippen molar-refractivity contribution in [2.75, 3.05) is 11.9 Å². The Hall–Kier alpha value is -2.66. The molecular weight excluding hydrogens is 323 g/mol. The van der Waals surface area contributed by atoms with Crippen LogP contribution in [0.4, 0.5) is 10.1 Å². The van der Waals surface area contributed by atoms with Crippen LogP contribution in [0.1, 0.15) is 16.5 Å². The third-order valence-electron chi connectivity index (χ3n) is 3.54. The molecule has 1 amide bonds. The second-order valence-electron chi connectivity index (χ2n) is 5.29. The first-order valence-corrected chi connectivity index (χ1v) is 8.47. The molecule has 5 heteroatoms. The topological polar surface area (TPSA) is 41.1 Å². The van der Waals surface area contributed by atoms with E-state index in [2.05, 4.69) is 10.6 Å². The Morgan fingerprint density at radius 1 is 1.04 bits per heavy atom. The van der Waals surface area contributed by atoms with Crippen LogP contribution in [0.3, 0.4) is 0 Å². The van der Waals surface area contributed by atoms with E-state index in [9.17, 15) is 9.18 Å². The number of hydrogen-bond acceptors (Lipinski definition) is 3. The summed E-state index contributed by atoms with van der Waals surface area (Å²) in [6.07, 6.45) is 0. The van der Waals surface area contributed by atoms with E-state index < -0.39 is 0 Å². The summed E-state index contributed by atoms with van der Waals surface area (Å²) >= 11 is 1.60. The fourth-order valence-electron chi connectivity index (χ4n) is 2.41. The van der Waals surface area contributed by atoms with Crippen molar-refractivity contribution < 1.29 is 9.18 Å². The average Bonchev–Trinajstić information content (AvgIpc) is 3.13. The predicted octanol–water partition coefficient (Wildman–Crippen LogP) is 4.20. The van der Waals surface area contributed by atoms with Gasteiger partial charge in [-0.1, -0.05) is 42.5 Å². The van der Waals surface area contributed by atoms with Crippen molar-refractivity contribution in [3.05, 3.63) is 88.4 Å². The maximum atomic E-state index is 13.2. The fraction of sp³-hybridized carbons (Fsp3) is 0.105. The Bertz CT molecular complexity index is 790. The van der Waals surface area contributed by atoms with Crippen LogP contribution < -0.4 is 10.6 Å². The first kappa shape index (κ1) is 16.2. The molecule has 2 aromatic carbocycles. The summed E-state index contributed by atoms with van der Waals surface area (Å²) in [6.45, 7) is 0.0815. The molecule has 2 N–H and O–H groups in total. The molecule has 0 spiro atoms. The summed E-state index contributed by atoms with van der Waals surface area (Å²) in [6, 6.07) is 19.7. The lowest BCUT2D eigenvalue weighted by atomic mass is 10.1. The van der Waals surface area contributed by atoms with Crippen molar-refractivity contribution in [2.24, 2.45) is 0 Å². The Kier molecular flexibility index (Phi) is 5.23. The molecule has 3 nitrogen and oxygen atoms in total. The van der Waals surface area contributed by atoms with Crippen LogP contribution in [0.25, 0.3) is 0 Å². The highest BCUT2D eigenvalue weighted by Gasteiger charge is 2.17. The molecular formula is C19H17FN2OS. The van der Waals surface area contributed by atoms with E-state index in [1.54, 1.807) is 23.5 Å². The highest BCUT2D eigenvalue weighted by molar-refractivity contribution is 7.10. The Labute approximate surface area is 144 Å². The number of amides is 1. The van der Waals surface area contributed by atoms with Crippen molar-refractivity contribution in [3.8, 4) is 0 Å². The van der Waals surface area contributed by atoms with Crippen LogP contribution in [0.5, 0.6) is 0 Å². The zero-order valence-corrected chi connectivity index (χ0v) is 13.7. The van der Waals surface area contributed by atoms with Gasteiger partial charge < -0.3 is 10.6 Å². The van der Waals surface area contributed by atoms with E-state index in [4.69, 9.17) is 0 Å². The normalized spacial score (nSPS) is 11.7. The summed E-state index contributed by atoms with van der Waals surface area (Å²) < 4.78 is 13.2. The zero-order valence-electron chi connectivity index (χ0n) is 12.9. The molecule has 0 bridgehead atoms. The first-order chi connectivity index (χ1) is 11.7. The highest BCUT2D eigenvalue weighted by Crippen LogP contribution is 2.25. The zero-order chi connectivity index (χ0) is 16.8. The minimum Gasteiger partial charge on any atom is -0.376 e. The molecule has 3 aromatic rings. The quantitative estimate of drug-likeness (QED) is 0.706. The van der Waals surface area contributed by atoms with Gasteiger partial charge in [-0.2, -0.15) is 0 Å². The van der Waals surface area contributed by atoms with E-state index in [1.807, 2.05) is 47.8 Å². The monoisotopic (exact) mass is 340 g/mol. The van der Waals surface area contributed by atoms with Crippen molar-refractivity contribution in [1.29, 1.82) is 0 Å². The van der Waals surface area contributed by atoms with Gasteiger partial charge in [0.05, 0.1) is 12.6 Å². The van der Waals surface area contributed by atoms with E-state index in [-0.39, 0.29) is 24.3 Å². The molecule has 0 aliphatic heterocycles.